The second-order valence-corrected chi connectivity index (χ2v) is 4.86. The van der Waals surface area contributed by atoms with E-state index in [4.69, 9.17) is 11.6 Å². The largest absolute Gasteiger partial charge is 0.392 e. The maximum Gasteiger partial charge on any atom is 0.219 e. The van der Waals surface area contributed by atoms with E-state index in [-0.39, 0.29) is 12.5 Å². The molecule has 4 nitrogen and oxygen atoms in total. The first-order chi connectivity index (χ1) is 8.61. The molecule has 98 valence electrons. The van der Waals surface area contributed by atoms with Gasteiger partial charge in [-0.25, -0.2) is 0 Å². The van der Waals surface area contributed by atoms with Crippen molar-refractivity contribution in [2.45, 2.75) is 13.5 Å². The molecule has 2 rings (SSSR count). The van der Waals surface area contributed by atoms with E-state index in [1.807, 2.05) is 17.0 Å². The Morgan fingerprint density at radius 1 is 1.33 bits per heavy atom. The van der Waals surface area contributed by atoms with Gasteiger partial charge in [-0.05, 0) is 12.1 Å². The van der Waals surface area contributed by atoms with Crippen LogP contribution >= 0.6 is 11.6 Å². The van der Waals surface area contributed by atoms with E-state index in [9.17, 15) is 9.90 Å². The zero-order valence-corrected chi connectivity index (χ0v) is 11.2. The molecule has 0 spiro atoms. The molecule has 1 aliphatic heterocycles. The molecule has 1 saturated heterocycles. The van der Waals surface area contributed by atoms with Gasteiger partial charge in [0.1, 0.15) is 0 Å². The predicted molar refractivity (Wildman–Crippen MR) is 71.8 cm³/mol. The average Bonchev–Trinajstić information content (AvgIpc) is 2.39. The number of hydrogen-bond acceptors (Lipinski definition) is 3. The molecule has 1 aromatic carbocycles. The normalized spacial score (nSPS) is 15.9. The van der Waals surface area contributed by atoms with Gasteiger partial charge in [0.05, 0.1) is 6.61 Å². The van der Waals surface area contributed by atoms with E-state index in [1.165, 1.54) is 0 Å². The molecular weight excluding hydrogens is 252 g/mol. The van der Waals surface area contributed by atoms with Gasteiger partial charge in [0, 0.05) is 49.4 Å². The zero-order chi connectivity index (χ0) is 13.1. The van der Waals surface area contributed by atoms with Crippen molar-refractivity contribution in [3.05, 3.63) is 28.8 Å². The summed E-state index contributed by atoms with van der Waals surface area (Å²) in [5, 5.41) is 10.0. The lowest BCUT2D eigenvalue weighted by molar-refractivity contribution is -0.129. The highest BCUT2D eigenvalue weighted by molar-refractivity contribution is 6.30. The lowest BCUT2D eigenvalue weighted by atomic mass is 10.1. The fourth-order valence-electron chi connectivity index (χ4n) is 2.23. The Balaban J connectivity index is 2.14. The van der Waals surface area contributed by atoms with Crippen LogP contribution in [0, 0.1) is 0 Å². The first-order valence-electron chi connectivity index (χ1n) is 6.01. The minimum absolute atomic E-state index is 0.000571. The van der Waals surface area contributed by atoms with Gasteiger partial charge in [-0.1, -0.05) is 17.7 Å². The van der Waals surface area contributed by atoms with Crippen molar-refractivity contribution in [3.8, 4) is 0 Å². The van der Waals surface area contributed by atoms with E-state index in [2.05, 4.69) is 4.90 Å². The number of carbonyl (C=O) groups is 1. The number of piperazine rings is 1. The summed E-state index contributed by atoms with van der Waals surface area (Å²) in [7, 11) is 0. The predicted octanol–water partition coefficient (Wildman–Crippen LogP) is 1.50. The highest BCUT2D eigenvalue weighted by atomic mass is 35.5. The SMILES string of the molecule is CC(=O)N1CCN(c2cc(Cl)ccc2CO)CC1. The van der Waals surface area contributed by atoms with Crippen LogP contribution in [0.25, 0.3) is 0 Å². The molecule has 1 aromatic rings. The number of anilines is 1. The van der Waals surface area contributed by atoms with Gasteiger partial charge in [0.15, 0.2) is 0 Å². The summed E-state index contributed by atoms with van der Waals surface area (Å²) in [4.78, 5) is 15.3. The minimum atomic E-state index is -0.000571. The maximum atomic E-state index is 11.3. The number of amides is 1. The molecule has 0 radical (unpaired) electrons. The molecule has 1 amide bonds. The summed E-state index contributed by atoms with van der Waals surface area (Å²) in [6.07, 6.45) is 0. The van der Waals surface area contributed by atoms with Crippen molar-refractivity contribution in [3.63, 3.8) is 0 Å². The van der Waals surface area contributed by atoms with Crippen molar-refractivity contribution in [2.75, 3.05) is 31.1 Å². The Morgan fingerprint density at radius 2 is 2.00 bits per heavy atom. The Morgan fingerprint density at radius 3 is 2.56 bits per heavy atom. The van der Waals surface area contributed by atoms with E-state index in [0.717, 1.165) is 24.3 Å². The third-order valence-corrected chi connectivity index (χ3v) is 3.52. The Bertz CT molecular complexity index is 443. The van der Waals surface area contributed by atoms with Crippen LogP contribution in [0.15, 0.2) is 18.2 Å². The lowest BCUT2D eigenvalue weighted by Gasteiger charge is -2.36. The number of hydrogen-bond donors (Lipinski definition) is 1. The van der Waals surface area contributed by atoms with Gasteiger partial charge in [0.25, 0.3) is 0 Å². The summed E-state index contributed by atoms with van der Waals surface area (Å²) in [5.41, 5.74) is 1.84. The van der Waals surface area contributed by atoms with Crippen LogP contribution < -0.4 is 4.90 Å². The van der Waals surface area contributed by atoms with E-state index < -0.39 is 0 Å². The smallest absolute Gasteiger partial charge is 0.219 e. The molecule has 0 unspecified atom stereocenters. The van der Waals surface area contributed by atoms with Crippen LogP contribution in [-0.2, 0) is 11.4 Å². The second-order valence-electron chi connectivity index (χ2n) is 4.42. The lowest BCUT2D eigenvalue weighted by Crippen LogP contribution is -2.48. The molecule has 1 heterocycles. The van der Waals surface area contributed by atoms with Crippen molar-refractivity contribution in [1.82, 2.24) is 4.90 Å². The maximum absolute atomic E-state index is 11.3. The fourth-order valence-corrected chi connectivity index (χ4v) is 2.39. The monoisotopic (exact) mass is 268 g/mol. The summed E-state index contributed by atoms with van der Waals surface area (Å²) in [6, 6.07) is 5.49. The van der Waals surface area contributed by atoms with Crippen LogP contribution in [0.4, 0.5) is 5.69 Å². The number of carbonyl (C=O) groups excluding carboxylic acids is 1. The molecule has 0 aliphatic carbocycles. The van der Waals surface area contributed by atoms with Crippen molar-refractivity contribution >= 4 is 23.2 Å². The number of benzene rings is 1. The van der Waals surface area contributed by atoms with E-state index in [0.29, 0.717) is 18.1 Å². The molecule has 18 heavy (non-hydrogen) atoms. The number of halogens is 1. The molecular formula is C13H17ClN2O2. The molecule has 0 bridgehead atoms. The first-order valence-corrected chi connectivity index (χ1v) is 6.39. The summed E-state index contributed by atoms with van der Waals surface area (Å²) < 4.78 is 0. The van der Waals surface area contributed by atoms with Crippen LogP contribution in [0.1, 0.15) is 12.5 Å². The van der Waals surface area contributed by atoms with Crippen molar-refractivity contribution in [2.24, 2.45) is 0 Å². The molecule has 0 aromatic heterocycles. The molecule has 0 saturated carbocycles. The van der Waals surface area contributed by atoms with Gasteiger partial charge in [-0.2, -0.15) is 0 Å². The van der Waals surface area contributed by atoms with E-state index in [1.54, 1.807) is 13.0 Å². The zero-order valence-electron chi connectivity index (χ0n) is 10.4. The molecule has 1 aliphatic rings. The molecule has 1 N–H and O–H groups in total. The Labute approximate surface area is 112 Å². The van der Waals surface area contributed by atoms with Crippen molar-refractivity contribution < 1.29 is 9.90 Å². The highest BCUT2D eigenvalue weighted by Crippen LogP contribution is 2.26. The Hall–Kier alpha value is -1.26. The number of rotatable bonds is 2. The van der Waals surface area contributed by atoms with Crippen LogP contribution in [0.3, 0.4) is 0 Å². The minimum Gasteiger partial charge on any atom is -0.392 e. The van der Waals surface area contributed by atoms with Crippen molar-refractivity contribution in [1.29, 1.82) is 0 Å². The van der Waals surface area contributed by atoms with E-state index >= 15 is 0 Å². The Kier molecular flexibility index (Phi) is 4.09. The molecule has 0 atom stereocenters. The summed E-state index contributed by atoms with van der Waals surface area (Å²) >= 11 is 6.00. The van der Waals surface area contributed by atoms with Gasteiger partial charge >= 0.3 is 0 Å². The molecule has 5 heteroatoms. The standard InChI is InChI=1S/C13H17ClN2O2/c1-10(18)15-4-6-16(7-5-15)13-8-12(14)3-2-11(13)9-17/h2-3,8,17H,4-7,9H2,1H3. The highest BCUT2D eigenvalue weighted by Gasteiger charge is 2.20. The number of nitrogens with zero attached hydrogens (tertiary/aromatic N) is 2. The summed E-state index contributed by atoms with van der Waals surface area (Å²) in [5.74, 6) is 0.114. The third kappa shape index (κ3) is 2.76. The van der Waals surface area contributed by atoms with Crippen LogP contribution in [-0.4, -0.2) is 42.1 Å². The number of aliphatic hydroxyl groups excluding tert-OH is 1. The first kappa shape index (κ1) is 13.2. The topological polar surface area (TPSA) is 43.8 Å². The fraction of sp³-hybridized carbons (Fsp3) is 0.462. The quantitative estimate of drug-likeness (QED) is 0.884. The second kappa shape index (κ2) is 5.59. The number of aliphatic hydroxyl groups is 1. The van der Waals surface area contributed by atoms with Gasteiger partial charge < -0.3 is 14.9 Å². The van der Waals surface area contributed by atoms with Crippen LogP contribution in [0.5, 0.6) is 0 Å². The third-order valence-electron chi connectivity index (χ3n) is 3.28. The van der Waals surface area contributed by atoms with Crippen LogP contribution in [0.2, 0.25) is 5.02 Å². The van der Waals surface area contributed by atoms with Gasteiger partial charge in [-0.15, -0.1) is 0 Å². The average molecular weight is 269 g/mol. The molecule has 1 fully saturated rings. The summed E-state index contributed by atoms with van der Waals surface area (Å²) in [6.45, 7) is 4.56. The van der Waals surface area contributed by atoms with Gasteiger partial charge in [-0.3, -0.25) is 4.79 Å². The van der Waals surface area contributed by atoms with Gasteiger partial charge in [0.2, 0.25) is 5.91 Å².